The highest BCUT2D eigenvalue weighted by Crippen LogP contribution is 2.20. The third-order valence-electron chi connectivity index (χ3n) is 2.26. The summed E-state index contributed by atoms with van der Waals surface area (Å²) >= 11 is 0. The van der Waals surface area contributed by atoms with Gasteiger partial charge in [0.1, 0.15) is 17.2 Å². The van der Waals surface area contributed by atoms with Crippen molar-refractivity contribution in [2.75, 3.05) is 7.11 Å². The molecule has 0 unspecified atom stereocenters. The molecule has 0 N–H and O–H groups in total. The molecule has 2 aromatic rings. The van der Waals surface area contributed by atoms with Crippen LogP contribution < -0.4 is 4.74 Å². The van der Waals surface area contributed by atoms with Crippen LogP contribution in [0.1, 0.15) is 21.8 Å². The number of nitrogens with zero attached hydrogens (tertiary/aromatic N) is 1. The summed E-state index contributed by atoms with van der Waals surface area (Å²) in [6, 6.07) is 9.28. The van der Waals surface area contributed by atoms with Crippen LogP contribution >= 0.6 is 0 Å². The van der Waals surface area contributed by atoms with E-state index < -0.39 is 0 Å². The molecule has 1 aromatic carbocycles. The number of rotatable bonds is 4. The van der Waals surface area contributed by atoms with Gasteiger partial charge >= 0.3 is 0 Å². The zero-order chi connectivity index (χ0) is 11.4. The second kappa shape index (κ2) is 4.61. The van der Waals surface area contributed by atoms with Crippen molar-refractivity contribution in [2.45, 2.75) is 6.42 Å². The fourth-order valence-corrected chi connectivity index (χ4v) is 1.50. The summed E-state index contributed by atoms with van der Waals surface area (Å²) in [6.07, 6.45) is 1.22. The van der Waals surface area contributed by atoms with Crippen molar-refractivity contribution in [1.82, 2.24) is 5.16 Å². The van der Waals surface area contributed by atoms with E-state index in [0.29, 0.717) is 24.2 Å². The monoisotopic (exact) mass is 217 g/mol. The summed E-state index contributed by atoms with van der Waals surface area (Å²) in [4.78, 5) is 10.4. The first-order valence-electron chi connectivity index (χ1n) is 4.86. The van der Waals surface area contributed by atoms with Crippen LogP contribution in [0, 0.1) is 0 Å². The Morgan fingerprint density at radius 2 is 2.25 bits per heavy atom. The van der Waals surface area contributed by atoms with E-state index in [1.54, 1.807) is 13.2 Å². The van der Waals surface area contributed by atoms with Gasteiger partial charge in [-0.15, -0.1) is 0 Å². The number of para-hydroxylation sites is 1. The fourth-order valence-electron chi connectivity index (χ4n) is 1.50. The molecule has 0 aliphatic heterocycles. The summed E-state index contributed by atoms with van der Waals surface area (Å²) < 4.78 is 10.2. The summed E-state index contributed by atoms with van der Waals surface area (Å²) in [5.41, 5.74) is 1.31. The first kappa shape index (κ1) is 10.4. The maximum Gasteiger partial charge on any atom is 0.171 e. The van der Waals surface area contributed by atoms with Crippen molar-refractivity contribution in [3.05, 3.63) is 47.3 Å². The Labute approximate surface area is 92.8 Å². The Balaban J connectivity index is 2.22. The van der Waals surface area contributed by atoms with Gasteiger partial charge < -0.3 is 9.26 Å². The lowest BCUT2D eigenvalue weighted by molar-refractivity contribution is 0.111. The van der Waals surface area contributed by atoms with Gasteiger partial charge in [0.25, 0.3) is 0 Å². The highest BCUT2D eigenvalue weighted by molar-refractivity contribution is 5.71. The van der Waals surface area contributed by atoms with Gasteiger partial charge in [0.15, 0.2) is 6.29 Å². The lowest BCUT2D eigenvalue weighted by atomic mass is 10.1. The Hall–Kier alpha value is -2.10. The largest absolute Gasteiger partial charge is 0.496 e. The van der Waals surface area contributed by atoms with Gasteiger partial charge in [-0.25, -0.2) is 0 Å². The lowest BCUT2D eigenvalue weighted by Crippen LogP contribution is -1.92. The lowest BCUT2D eigenvalue weighted by Gasteiger charge is -2.05. The van der Waals surface area contributed by atoms with Crippen LogP contribution in [0.5, 0.6) is 5.75 Å². The SMILES string of the molecule is COc1ccccc1Cc1cc(C=O)no1. The van der Waals surface area contributed by atoms with Crippen LogP contribution in [0.15, 0.2) is 34.9 Å². The highest BCUT2D eigenvalue weighted by Gasteiger charge is 2.07. The van der Waals surface area contributed by atoms with Crippen molar-refractivity contribution in [2.24, 2.45) is 0 Å². The standard InChI is InChI=1S/C12H11NO3/c1-15-12-5-3-2-4-9(12)6-11-7-10(8-14)13-16-11/h2-5,7-8H,6H2,1H3. The van der Waals surface area contributed by atoms with Gasteiger partial charge in [0, 0.05) is 18.1 Å². The quantitative estimate of drug-likeness (QED) is 0.736. The Kier molecular flexibility index (Phi) is 3.00. The molecule has 1 heterocycles. The normalized spacial score (nSPS) is 10.1. The number of aldehydes is 1. The van der Waals surface area contributed by atoms with Crippen LogP contribution in [-0.2, 0) is 6.42 Å². The molecule has 2 rings (SSSR count). The fraction of sp³-hybridized carbons (Fsp3) is 0.167. The van der Waals surface area contributed by atoms with E-state index in [4.69, 9.17) is 9.26 Å². The van der Waals surface area contributed by atoms with Gasteiger partial charge in [-0.1, -0.05) is 23.4 Å². The summed E-state index contributed by atoms with van der Waals surface area (Å²) in [6.45, 7) is 0. The zero-order valence-electron chi connectivity index (χ0n) is 8.84. The third-order valence-corrected chi connectivity index (χ3v) is 2.26. The predicted octanol–water partition coefficient (Wildman–Crippen LogP) is 2.09. The summed E-state index contributed by atoms with van der Waals surface area (Å²) in [5, 5.41) is 3.60. The Bertz CT molecular complexity index is 491. The molecule has 0 atom stereocenters. The number of hydrogen-bond acceptors (Lipinski definition) is 4. The van der Waals surface area contributed by atoms with E-state index >= 15 is 0 Å². The molecular weight excluding hydrogens is 206 g/mol. The van der Waals surface area contributed by atoms with Gasteiger partial charge in [-0.05, 0) is 6.07 Å². The number of benzene rings is 1. The molecule has 0 bridgehead atoms. The average Bonchev–Trinajstić information content (AvgIpc) is 2.77. The van der Waals surface area contributed by atoms with Crippen molar-refractivity contribution in [1.29, 1.82) is 0 Å². The maximum atomic E-state index is 10.4. The van der Waals surface area contributed by atoms with Crippen LogP contribution in [0.25, 0.3) is 0 Å². The van der Waals surface area contributed by atoms with E-state index in [2.05, 4.69) is 5.16 Å². The van der Waals surface area contributed by atoms with Gasteiger partial charge in [0.2, 0.25) is 0 Å². The van der Waals surface area contributed by atoms with E-state index in [1.165, 1.54) is 0 Å². The second-order valence-electron chi connectivity index (χ2n) is 3.32. The number of methoxy groups -OCH3 is 1. The molecule has 1 aromatic heterocycles. The summed E-state index contributed by atoms with van der Waals surface area (Å²) in [7, 11) is 1.62. The Morgan fingerprint density at radius 1 is 1.44 bits per heavy atom. The maximum absolute atomic E-state index is 10.4. The molecule has 0 radical (unpaired) electrons. The molecule has 4 heteroatoms. The van der Waals surface area contributed by atoms with Crippen LogP contribution in [0.2, 0.25) is 0 Å². The van der Waals surface area contributed by atoms with Gasteiger partial charge in [-0.2, -0.15) is 0 Å². The van der Waals surface area contributed by atoms with Gasteiger partial charge in [-0.3, -0.25) is 4.79 Å². The van der Waals surface area contributed by atoms with Crippen LogP contribution in [0.4, 0.5) is 0 Å². The van der Waals surface area contributed by atoms with Crippen molar-refractivity contribution in [3.63, 3.8) is 0 Å². The molecule has 0 amide bonds. The van der Waals surface area contributed by atoms with Gasteiger partial charge in [0.05, 0.1) is 7.11 Å². The smallest absolute Gasteiger partial charge is 0.171 e. The van der Waals surface area contributed by atoms with E-state index in [0.717, 1.165) is 11.3 Å². The number of aromatic nitrogens is 1. The van der Waals surface area contributed by atoms with Crippen LogP contribution in [0.3, 0.4) is 0 Å². The van der Waals surface area contributed by atoms with Crippen molar-refractivity contribution in [3.8, 4) is 5.75 Å². The molecule has 0 aliphatic rings. The predicted molar refractivity (Wildman–Crippen MR) is 57.7 cm³/mol. The number of ether oxygens (including phenoxy) is 1. The molecule has 4 nitrogen and oxygen atoms in total. The number of carbonyl (C=O) groups is 1. The minimum atomic E-state index is 0.310. The molecule has 82 valence electrons. The molecule has 0 fully saturated rings. The first-order valence-corrected chi connectivity index (χ1v) is 4.86. The van der Waals surface area contributed by atoms with Crippen LogP contribution in [-0.4, -0.2) is 18.6 Å². The molecular formula is C12H11NO3. The third kappa shape index (κ3) is 2.11. The average molecular weight is 217 g/mol. The zero-order valence-corrected chi connectivity index (χ0v) is 8.84. The number of hydrogen-bond donors (Lipinski definition) is 0. The summed E-state index contributed by atoms with van der Waals surface area (Å²) in [5.74, 6) is 1.44. The minimum Gasteiger partial charge on any atom is -0.496 e. The second-order valence-corrected chi connectivity index (χ2v) is 3.32. The highest BCUT2D eigenvalue weighted by atomic mass is 16.5. The van der Waals surface area contributed by atoms with E-state index in [9.17, 15) is 4.79 Å². The molecule has 16 heavy (non-hydrogen) atoms. The van der Waals surface area contributed by atoms with Crippen molar-refractivity contribution >= 4 is 6.29 Å². The van der Waals surface area contributed by atoms with E-state index in [-0.39, 0.29) is 0 Å². The Morgan fingerprint density at radius 3 is 2.94 bits per heavy atom. The topological polar surface area (TPSA) is 52.3 Å². The van der Waals surface area contributed by atoms with Crippen molar-refractivity contribution < 1.29 is 14.1 Å². The molecule has 0 aliphatic carbocycles. The molecule has 0 saturated heterocycles. The molecule has 0 spiro atoms. The molecule has 0 saturated carbocycles. The minimum absolute atomic E-state index is 0.310. The first-order chi connectivity index (χ1) is 7.83. The number of carbonyl (C=O) groups excluding carboxylic acids is 1. The van der Waals surface area contributed by atoms with E-state index in [1.807, 2.05) is 24.3 Å².